The van der Waals surface area contributed by atoms with Gasteiger partial charge >= 0.3 is 0 Å². The second-order valence-electron chi connectivity index (χ2n) is 5.25. The van der Waals surface area contributed by atoms with Gasteiger partial charge in [0.1, 0.15) is 6.10 Å². The van der Waals surface area contributed by atoms with Crippen molar-refractivity contribution >= 4 is 16.9 Å². The lowest BCUT2D eigenvalue weighted by molar-refractivity contribution is -0.132. The zero-order valence-corrected chi connectivity index (χ0v) is 12.2. The van der Waals surface area contributed by atoms with Gasteiger partial charge in [-0.05, 0) is 12.1 Å². The minimum atomic E-state index is 0.112. The molecule has 3 rings (SSSR count). The quantitative estimate of drug-likeness (QED) is 0.869. The van der Waals surface area contributed by atoms with E-state index in [0.717, 1.165) is 37.0 Å². The Bertz CT molecular complexity index is 636. The minimum Gasteiger partial charge on any atom is -0.473 e. The minimum absolute atomic E-state index is 0.112. The van der Waals surface area contributed by atoms with Gasteiger partial charge in [0, 0.05) is 32.4 Å². The van der Waals surface area contributed by atoms with Crippen LogP contribution in [0, 0.1) is 0 Å². The summed E-state index contributed by atoms with van der Waals surface area (Å²) in [5.74, 6) is 0.785. The van der Waals surface area contributed by atoms with Crippen LogP contribution in [0.4, 0.5) is 0 Å². The molecule has 1 aliphatic rings. The number of aromatic nitrogens is 2. The van der Waals surface area contributed by atoms with Crippen LogP contribution in [0.25, 0.3) is 11.0 Å². The lowest BCUT2D eigenvalue weighted by Gasteiger charge is -2.31. The molecule has 0 atom stereocenters. The van der Waals surface area contributed by atoms with Gasteiger partial charge in [0.15, 0.2) is 0 Å². The van der Waals surface area contributed by atoms with Crippen molar-refractivity contribution in [1.29, 1.82) is 0 Å². The number of piperidine rings is 1. The molecule has 0 N–H and O–H groups in total. The van der Waals surface area contributed by atoms with Gasteiger partial charge in [0.2, 0.25) is 11.8 Å². The summed E-state index contributed by atoms with van der Waals surface area (Å²) in [5.41, 5.74) is 1.71. The molecule has 1 aliphatic heterocycles. The Morgan fingerprint density at radius 2 is 2.00 bits per heavy atom. The fraction of sp³-hybridized carbons (Fsp3) is 0.438. The number of likely N-dealkylation sites (tertiary alicyclic amines) is 1. The van der Waals surface area contributed by atoms with Crippen molar-refractivity contribution in [1.82, 2.24) is 14.9 Å². The SMILES string of the molecule is CCC(=O)N1CCC(Oc2cnc3ccccc3n2)CC1. The molecule has 1 aromatic carbocycles. The number of amides is 1. The molecule has 1 fully saturated rings. The summed E-state index contributed by atoms with van der Waals surface area (Å²) in [7, 11) is 0. The van der Waals surface area contributed by atoms with Crippen LogP contribution in [0.3, 0.4) is 0 Å². The van der Waals surface area contributed by atoms with Crippen LogP contribution in [-0.2, 0) is 4.79 Å². The molecule has 5 nitrogen and oxygen atoms in total. The van der Waals surface area contributed by atoms with Crippen LogP contribution >= 0.6 is 0 Å². The third-order valence-electron chi connectivity index (χ3n) is 3.81. The van der Waals surface area contributed by atoms with E-state index in [1.54, 1.807) is 6.20 Å². The number of nitrogens with zero attached hydrogens (tertiary/aromatic N) is 3. The van der Waals surface area contributed by atoms with E-state index in [2.05, 4.69) is 9.97 Å². The van der Waals surface area contributed by atoms with Gasteiger partial charge in [-0.1, -0.05) is 19.1 Å². The predicted octanol–water partition coefficient (Wildman–Crippen LogP) is 2.41. The first-order chi connectivity index (χ1) is 10.3. The summed E-state index contributed by atoms with van der Waals surface area (Å²) < 4.78 is 5.91. The van der Waals surface area contributed by atoms with E-state index in [1.165, 1.54) is 0 Å². The lowest BCUT2D eigenvalue weighted by atomic mass is 10.1. The molecule has 1 aromatic heterocycles. The van der Waals surface area contributed by atoms with Gasteiger partial charge in [-0.25, -0.2) is 9.97 Å². The number of hydrogen-bond acceptors (Lipinski definition) is 4. The number of benzene rings is 1. The number of para-hydroxylation sites is 2. The number of carbonyl (C=O) groups is 1. The summed E-state index contributed by atoms with van der Waals surface area (Å²) in [6, 6.07) is 7.74. The highest BCUT2D eigenvalue weighted by atomic mass is 16.5. The van der Waals surface area contributed by atoms with Crippen molar-refractivity contribution in [3.05, 3.63) is 30.5 Å². The Labute approximate surface area is 124 Å². The summed E-state index contributed by atoms with van der Waals surface area (Å²) >= 11 is 0. The average Bonchev–Trinajstić information content (AvgIpc) is 2.55. The van der Waals surface area contributed by atoms with Crippen LogP contribution in [-0.4, -0.2) is 40.0 Å². The molecule has 0 bridgehead atoms. The molecular formula is C16H19N3O2. The van der Waals surface area contributed by atoms with Crippen molar-refractivity contribution in [3.63, 3.8) is 0 Å². The first kappa shape index (κ1) is 13.8. The topological polar surface area (TPSA) is 55.3 Å². The molecule has 2 heterocycles. The van der Waals surface area contributed by atoms with Crippen LogP contribution < -0.4 is 4.74 Å². The molecule has 1 saturated heterocycles. The molecule has 0 spiro atoms. The van der Waals surface area contributed by atoms with Gasteiger partial charge in [-0.2, -0.15) is 0 Å². The number of hydrogen-bond donors (Lipinski definition) is 0. The largest absolute Gasteiger partial charge is 0.473 e. The van der Waals surface area contributed by atoms with E-state index in [4.69, 9.17) is 4.74 Å². The number of fused-ring (bicyclic) bond motifs is 1. The Morgan fingerprint density at radius 1 is 1.29 bits per heavy atom. The first-order valence-electron chi connectivity index (χ1n) is 7.42. The molecule has 2 aromatic rings. The van der Waals surface area contributed by atoms with Crippen LogP contribution in [0.15, 0.2) is 30.5 Å². The van der Waals surface area contributed by atoms with Crippen molar-refractivity contribution < 1.29 is 9.53 Å². The van der Waals surface area contributed by atoms with Crippen LogP contribution in [0.2, 0.25) is 0 Å². The maximum absolute atomic E-state index is 11.6. The molecule has 0 radical (unpaired) electrons. The van der Waals surface area contributed by atoms with E-state index in [9.17, 15) is 4.79 Å². The molecule has 1 amide bonds. The van der Waals surface area contributed by atoms with E-state index < -0.39 is 0 Å². The van der Waals surface area contributed by atoms with Crippen molar-refractivity contribution in [2.75, 3.05) is 13.1 Å². The van der Waals surface area contributed by atoms with Gasteiger partial charge in [-0.15, -0.1) is 0 Å². The maximum atomic E-state index is 11.6. The lowest BCUT2D eigenvalue weighted by Crippen LogP contribution is -2.41. The zero-order chi connectivity index (χ0) is 14.7. The van der Waals surface area contributed by atoms with E-state index >= 15 is 0 Å². The van der Waals surface area contributed by atoms with Crippen LogP contribution in [0.1, 0.15) is 26.2 Å². The van der Waals surface area contributed by atoms with Gasteiger partial charge in [-0.3, -0.25) is 4.79 Å². The Kier molecular flexibility index (Phi) is 3.99. The Morgan fingerprint density at radius 3 is 2.71 bits per heavy atom. The summed E-state index contributed by atoms with van der Waals surface area (Å²) in [4.78, 5) is 22.4. The van der Waals surface area contributed by atoms with E-state index in [1.807, 2.05) is 36.1 Å². The standard InChI is InChI=1S/C16H19N3O2/c1-2-16(20)19-9-7-12(8-10-19)21-15-11-17-13-5-3-4-6-14(13)18-15/h3-6,11-12H,2,7-10H2,1H3. The molecule has 21 heavy (non-hydrogen) atoms. The average molecular weight is 285 g/mol. The molecule has 0 aliphatic carbocycles. The first-order valence-corrected chi connectivity index (χ1v) is 7.42. The predicted molar refractivity (Wildman–Crippen MR) is 80.1 cm³/mol. The normalized spacial score (nSPS) is 16.1. The van der Waals surface area contributed by atoms with Crippen molar-refractivity contribution in [2.45, 2.75) is 32.3 Å². The molecular weight excluding hydrogens is 266 g/mol. The fourth-order valence-electron chi connectivity index (χ4n) is 2.61. The molecule has 110 valence electrons. The summed E-state index contributed by atoms with van der Waals surface area (Å²) in [6.07, 6.45) is 4.05. The van der Waals surface area contributed by atoms with E-state index in [-0.39, 0.29) is 12.0 Å². The third-order valence-corrected chi connectivity index (χ3v) is 3.81. The summed E-state index contributed by atoms with van der Waals surface area (Å²) in [5, 5.41) is 0. The van der Waals surface area contributed by atoms with Gasteiger partial charge < -0.3 is 9.64 Å². The number of carbonyl (C=O) groups excluding carboxylic acids is 1. The second kappa shape index (κ2) is 6.08. The van der Waals surface area contributed by atoms with Gasteiger partial charge in [0.25, 0.3) is 0 Å². The second-order valence-corrected chi connectivity index (χ2v) is 5.25. The van der Waals surface area contributed by atoms with Gasteiger partial charge in [0.05, 0.1) is 17.2 Å². The smallest absolute Gasteiger partial charge is 0.233 e. The highest BCUT2D eigenvalue weighted by molar-refractivity contribution is 5.76. The number of rotatable bonds is 3. The maximum Gasteiger partial charge on any atom is 0.233 e. The fourth-order valence-corrected chi connectivity index (χ4v) is 2.61. The van der Waals surface area contributed by atoms with E-state index in [0.29, 0.717) is 12.3 Å². The Balaban J connectivity index is 1.63. The van der Waals surface area contributed by atoms with Crippen LogP contribution in [0.5, 0.6) is 5.88 Å². The highest BCUT2D eigenvalue weighted by Gasteiger charge is 2.23. The number of ether oxygens (including phenoxy) is 1. The zero-order valence-electron chi connectivity index (χ0n) is 12.2. The Hall–Kier alpha value is -2.17. The molecule has 5 heteroatoms. The molecule has 0 unspecified atom stereocenters. The molecule has 0 saturated carbocycles. The summed E-state index contributed by atoms with van der Waals surface area (Å²) in [6.45, 7) is 3.42. The van der Waals surface area contributed by atoms with Crippen molar-refractivity contribution in [2.24, 2.45) is 0 Å². The monoisotopic (exact) mass is 285 g/mol. The van der Waals surface area contributed by atoms with Crippen molar-refractivity contribution in [3.8, 4) is 5.88 Å². The third kappa shape index (κ3) is 3.12. The highest BCUT2D eigenvalue weighted by Crippen LogP contribution is 2.19.